The first-order valence-corrected chi connectivity index (χ1v) is 7.37. The van der Waals surface area contributed by atoms with Crippen LogP contribution in [-0.4, -0.2) is 18.0 Å². The number of fused-ring (bicyclic) bond motifs is 1. The third-order valence-electron chi connectivity index (χ3n) is 4.43. The molecule has 3 unspecified atom stereocenters. The van der Waals surface area contributed by atoms with Crippen LogP contribution in [0.5, 0.6) is 0 Å². The molecule has 1 aromatic rings. The van der Waals surface area contributed by atoms with E-state index < -0.39 is 0 Å². The summed E-state index contributed by atoms with van der Waals surface area (Å²) in [5, 5.41) is 6.62. The van der Waals surface area contributed by atoms with Crippen LogP contribution in [0, 0.1) is 5.92 Å². The van der Waals surface area contributed by atoms with E-state index in [0.29, 0.717) is 6.04 Å². The molecule has 0 saturated heterocycles. The number of amides is 1. The number of hydrogen-bond donors (Lipinski definition) is 2. The molecule has 3 rings (SSSR count). The number of benzene rings is 1. The fourth-order valence-corrected chi connectivity index (χ4v) is 3.31. The second kappa shape index (κ2) is 5.33. The average Bonchev–Trinajstić information content (AvgIpc) is 2.74. The van der Waals surface area contributed by atoms with Crippen molar-refractivity contribution in [2.75, 3.05) is 5.32 Å². The standard InChI is InChI=1S/C16H22N2O/c1-11-6-8-13(10-11)17-15-9-7-12-4-2-3-5-14(12)18-16(15)19/h2-5,11,13,15,17H,6-10H2,1H3,(H,18,19). The highest BCUT2D eigenvalue weighted by atomic mass is 16.2. The first kappa shape index (κ1) is 12.7. The summed E-state index contributed by atoms with van der Waals surface area (Å²) in [5.41, 5.74) is 2.23. The molecule has 0 radical (unpaired) electrons. The van der Waals surface area contributed by atoms with E-state index >= 15 is 0 Å². The molecular weight excluding hydrogens is 236 g/mol. The van der Waals surface area contributed by atoms with Crippen molar-refractivity contribution < 1.29 is 4.79 Å². The van der Waals surface area contributed by atoms with Gasteiger partial charge in [0, 0.05) is 11.7 Å². The van der Waals surface area contributed by atoms with Crippen molar-refractivity contribution >= 4 is 11.6 Å². The average molecular weight is 258 g/mol. The Balaban J connectivity index is 1.67. The number of carbonyl (C=O) groups is 1. The van der Waals surface area contributed by atoms with Gasteiger partial charge in [0.25, 0.3) is 0 Å². The van der Waals surface area contributed by atoms with Crippen LogP contribution in [0.4, 0.5) is 5.69 Å². The number of para-hydroxylation sites is 1. The van der Waals surface area contributed by atoms with Gasteiger partial charge in [-0.1, -0.05) is 25.1 Å². The summed E-state index contributed by atoms with van der Waals surface area (Å²) in [6.07, 6.45) is 5.56. The lowest BCUT2D eigenvalue weighted by atomic mass is 10.0. The Kier molecular flexibility index (Phi) is 3.56. The molecule has 0 aromatic heterocycles. The zero-order valence-corrected chi connectivity index (χ0v) is 11.5. The van der Waals surface area contributed by atoms with Crippen molar-refractivity contribution in [1.29, 1.82) is 0 Å². The Morgan fingerprint density at radius 1 is 1.21 bits per heavy atom. The van der Waals surface area contributed by atoms with Crippen molar-refractivity contribution in [3.05, 3.63) is 29.8 Å². The lowest BCUT2D eigenvalue weighted by Gasteiger charge is -2.20. The van der Waals surface area contributed by atoms with Gasteiger partial charge in [-0.05, 0) is 49.7 Å². The molecule has 0 bridgehead atoms. The van der Waals surface area contributed by atoms with E-state index in [1.165, 1.54) is 24.8 Å². The summed E-state index contributed by atoms with van der Waals surface area (Å²) >= 11 is 0. The Morgan fingerprint density at radius 3 is 2.84 bits per heavy atom. The van der Waals surface area contributed by atoms with Crippen LogP contribution in [-0.2, 0) is 11.2 Å². The summed E-state index contributed by atoms with van der Waals surface area (Å²) in [6, 6.07) is 8.60. The third kappa shape index (κ3) is 2.81. The Hall–Kier alpha value is -1.35. The minimum atomic E-state index is -0.0392. The highest BCUT2D eigenvalue weighted by Gasteiger charge is 2.28. The monoisotopic (exact) mass is 258 g/mol. The summed E-state index contributed by atoms with van der Waals surface area (Å²) < 4.78 is 0. The molecule has 1 fully saturated rings. The molecule has 3 atom stereocenters. The van der Waals surface area contributed by atoms with Gasteiger partial charge in [-0.15, -0.1) is 0 Å². The molecule has 19 heavy (non-hydrogen) atoms. The van der Waals surface area contributed by atoms with Gasteiger partial charge in [-0.2, -0.15) is 0 Å². The van der Waals surface area contributed by atoms with E-state index in [1.807, 2.05) is 18.2 Å². The van der Waals surface area contributed by atoms with Gasteiger partial charge >= 0.3 is 0 Å². The second-order valence-corrected chi connectivity index (χ2v) is 6.02. The molecule has 102 valence electrons. The first-order valence-electron chi connectivity index (χ1n) is 7.37. The maximum absolute atomic E-state index is 12.3. The summed E-state index contributed by atoms with van der Waals surface area (Å²) in [7, 11) is 0. The lowest BCUT2D eigenvalue weighted by molar-refractivity contribution is -0.118. The summed E-state index contributed by atoms with van der Waals surface area (Å²) in [4.78, 5) is 12.3. The molecule has 2 aliphatic rings. The molecule has 2 N–H and O–H groups in total. The Morgan fingerprint density at radius 2 is 2.05 bits per heavy atom. The van der Waals surface area contributed by atoms with Crippen LogP contribution >= 0.6 is 0 Å². The van der Waals surface area contributed by atoms with Gasteiger partial charge in [-0.25, -0.2) is 0 Å². The van der Waals surface area contributed by atoms with Crippen molar-refractivity contribution in [3.63, 3.8) is 0 Å². The quantitative estimate of drug-likeness (QED) is 0.856. The molecule has 1 saturated carbocycles. The third-order valence-corrected chi connectivity index (χ3v) is 4.43. The zero-order valence-electron chi connectivity index (χ0n) is 11.5. The van der Waals surface area contributed by atoms with Gasteiger partial charge in [0.05, 0.1) is 6.04 Å². The molecule has 0 spiro atoms. The maximum Gasteiger partial charge on any atom is 0.241 e. The SMILES string of the molecule is CC1CCC(NC2CCc3ccccc3NC2=O)C1. The van der Waals surface area contributed by atoms with Gasteiger partial charge < -0.3 is 10.6 Å². The van der Waals surface area contributed by atoms with E-state index in [9.17, 15) is 4.79 Å². The van der Waals surface area contributed by atoms with Crippen molar-refractivity contribution in [1.82, 2.24) is 5.32 Å². The van der Waals surface area contributed by atoms with E-state index in [1.54, 1.807) is 0 Å². The van der Waals surface area contributed by atoms with E-state index in [2.05, 4.69) is 23.6 Å². The zero-order chi connectivity index (χ0) is 13.2. The van der Waals surface area contributed by atoms with Crippen molar-refractivity contribution in [3.8, 4) is 0 Å². The number of rotatable bonds is 2. The van der Waals surface area contributed by atoms with Crippen LogP contribution in [0.25, 0.3) is 0 Å². The Bertz CT molecular complexity index is 472. The molecule has 3 heteroatoms. The van der Waals surface area contributed by atoms with Crippen LogP contribution in [0.1, 0.15) is 38.2 Å². The largest absolute Gasteiger partial charge is 0.324 e. The van der Waals surface area contributed by atoms with Crippen molar-refractivity contribution in [2.24, 2.45) is 5.92 Å². The van der Waals surface area contributed by atoms with Crippen LogP contribution in [0.2, 0.25) is 0 Å². The molecule has 1 amide bonds. The predicted molar refractivity (Wildman–Crippen MR) is 77.1 cm³/mol. The van der Waals surface area contributed by atoms with Gasteiger partial charge in [0.1, 0.15) is 0 Å². The Labute approximate surface area is 114 Å². The highest BCUT2D eigenvalue weighted by molar-refractivity contribution is 5.96. The van der Waals surface area contributed by atoms with Gasteiger partial charge in [0.2, 0.25) is 5.91 Å². The van der Waals surface area contributed by atoms with Gasteiger partial charge in [-0.3, -0.25) is 4.79 Å². The fraction of sp³-hybridized carbons (Fsp3) is 0.562. The smallest absolute Gasteiger partial charge is 0.241 e. The van der Waals surface area contributed by atoms with Crippen LogP contribution in [0.15, 0.2) is 24.3 Å². The highest BCUT2D eigenvalue weighted by Crippen LogP contribution is 2.27. The minimum absolute atomic E-state index is 0.0392. The lowest BCUT2D eigenvalue weighted by Crippen LogP contribution is -2.44. The molecule has 1 aliphatic carbocycles. The molecule has 1 aromatic carbocycles. The molecule has 1 heterocycles. The van der Waals surface area contributed by atoms with Crippen LogP contribution in [0.3, 0.4) is 0 Å². The number of aryl methyl sites for hydroxylation is 1. The molecule has 3 nitrogen and oxygen atoms in total. The number of carbonyl (C=O) groups excluding carboxylic acids is 1. The first-order chi connectivity index (χ1) is 9.22. The fourth-order valence-electron chi connectivity index (χ4n) is 3.31. The molecular formula is C16H22N2O. The van der Waals surface area contributed by atoms with E-state index in [4.69, 9.17) is 0 Å². The van der Waals surface area contributed by atoms with E-state index in [-0.39, 0.29) is 11.9 Å². The topological polar surface area (TPSA) is 41.1 Å². The van der Waals surface area contributed by atoms with Crippen molar-refractivity contribution in [2.45, 2.75) is 51.1 Å². The van der Waals surface area contributed by atoms with E-state index in [0.717, 1.165) is 24.4 Å². The minimum Gasteiger partial charge on any atom is -0.324 e. The second-order valence-electron chi connectivity index (χ2n) is 6.02. The molecule has 1 aliphatic heterocycles. The number of hydrogen-bond acceptors (Lipinski definition) is 2. The predicted octanol–water partition coefficient (Wildman–Crippen LogP) is 2.72. The maximum atomic E-state index is 12.3. The number of anilines is 1. The van der Waals surface area contributed by atoms with Crippen LogP contribution < -0.4 is 10.6 Å². The summed E-state index contributed by atoms with van der Waals surface area (Å²) in [5.74, 6) is 0.924. The normalized spacial score (nSPS) is 30.6. The number of nitrogens with one attached hydrogen (secondary N) is 2. The van der Waals surface area contributed by atoms with Gasteiger partial charge in [0.15, 0.2) is 0 Å². The summed E-state index contributed by atoms with van der Waals surface area (Å²) in [6.45, 7) is 2.30.